The minimum Gasteiger partial charge on any atom is -0.342 e. The summed E-state index contributed by atoms with van der Waals surface area (Å²) in [5, 5.41) is 3.00. The van der Waals surface area contributed by atoms with Crippen molar-refractivity contribution < 1.29 is 4.79 Å². The van der Waals surface area contributed by atoms with Gasteiger partial charge in [-0.25, -0.2) is 4.98 Å². The van der Waals surface area contributed by atoms with Gasteiger partial charge in [-0.15, -0.1) is 0 Å². The zero-order valence-corrected chi connectivity index (χ0v) is 11.6. The number of rotatable bonds is 2. The van der Waals surface area contributed by atoms with E-state index in [9.17, 15) is 4.79 Å². The third kappa shape index (κ3) is 2.67. The van der Waals surface area contributed by atoms with Crippen LogP contribution < -0.4 is 11.1 Å². The molecule has 0 radical (unpaired) electrons. The van der Waals surface area contributed by atoms with Gasteiger partial charge in [0.25, 0.3) is 0 Å². The molecule has 0 atom stereocenters. The molecule has 1 aromatic carbocycles. The number of fused-ring (bicyclic) bond motifs is 1. The smallest absolute Gasteiger partial charge is 0.227 e. The fraction of sp³-hybridized carbons (Fsp3) is 0.467. The molecule has 3 rings (SSSR count). The molecule has 0 spiro atoms. The number of nitrogens with two attached hydrogens (primary N) is 1. The van der Waals surface area contributed by atoms with Crippen LogP contribution in [0.1, 0.15) is 31.5 Å². The molecular formula is C15H20N4O. The Balaban J connectivity index is 1.70. The summed E-state index contributed by atoms with van der Waals surface area (Å²) in [7, 11) is 0. The first-order valence-corrected chi connectivity index (χ1v) is 7.14. The summed E-state index contributed by atoms with van der Waals surface area (Å²) in [5.41, 5.74) is 8.56. The fourth-order valence-electron chi connectivity index (χ4n) is 2.84. The van der Waals surface area contributed by atoms with E-state index in [0.29, 0.717) is 0 Å². The van der Waals surface area contributed by atoms with E-state index in [2.05, 4.69) is 15.3 Å². The van der Waals surface area contributed by atoms with Gasteiger partial charge in [0.15, 0.2) is 0 Å². The normalized spacial score (nSPS) is 22.9. The number of carbonyl (C=O) groups is 1. The van der Waals surface area contributed by atoms with Crippen LogP contribution >= 0.6 is 0 Å². The van der Waals surface area contributed by atoms with Crippen LogP contribution in [0, 0.1) is 12.8 Å². The maximum atomic E-state index is 12.2. The van der Waals surface area contributed by atoms with Gasteiger partial charge in [0.05, 0.1) is 11.0 Å². The van der Waals surface area contributed by atoms with Crippen molar-refractivity contribution in [3.63, 3.8) is 0 Å². The Bertz CT molecular complexity index is 626. The summed E-state index contributed by atoms with van der Waals surface area (Å²) < 4.78 is 0. The number of hydrogen-bond donors (Lipinski definition) is 3. The van der Waals surface area contributed by atoms with Gasteiger partial charge < -0.3 is 16.0 Å². The van der Waals surface area contributed by atoms with Crippen molar-refractivity contribution in [3.05, 3.63) is 24.0 Å². The Morgan fingerprint density at radius 2 is 2.10 bits per heavy atom. The molecule has 106 valence electrons. The number of nitrogens with zero attached hydrogens (tertiary/aromatic N) is 1. The van der Waals surface area contributed by atoms with E-state index in [1.54, 1.807) is 0 Å². The highest BCUT2D eigenvalue weighted by molar-refractivity contribution is 5.94. The average Bonchev–Trinajstić information content (AvgIpc) is 2.78. The number of amides is 1. The molecule has 5 heteroatoms. The fourth-order valence-corrected chi connectivity index (χ4v) is 2.84. The van der Waals surface area contributed by atoms with Crippen LogP contribution in [-0.2, 0) is 4.79 Å². The summed E-state index contributed by atoms with van der Waals surface area (Å²) in [4.78, 5) is 19.8. The largest absolute Gasteiger partial charge is 0.342 e. The van der Waals surface area contributed by atoms with Crippen molar-refractivity contribution in [1.82, 2.24) is 9.97 Å². The number of aromatic amines is 1. The van der Waals surface area contributed by atoms with Crippen LogP contribution in [0.3, 0.4) is 0 Å². The van der Waals surface area contributed by atoms with Crippen molar-refractivity contribution in [1.29, 1.82) is 0 Å². The van der Waals surface area contributed by atoms with E-state index in [1.165, 1.54) is 0 Å². The van der Waals surface area contributed by atoms with Gasteiger partial charge in [0.2, 0.25) is 5.91 Å². The van der Waals surface area contributed by atoms with Crippen LogP contribution in [-0.4, -0.2) is 21.9 Å². The van der Waals surface area contributed by atoms with Crippen molar-refractivity contribution >= 4 is 22.6 Å². The number of benzene rings is 1. The first-order valence-electron chi connectivity index (χ1n) is 7.14. The SMILES string of the molecule is Cc1nc2ccc(NC(=O)C3CCC(N)CC3)cc2[nH]1. The summed E-state index contributed by atoms with van der Waals surface area (Å²) in [6, 6.07) is 6.02. The van der Waals surface area contributed by atoms with Gasteiger partial charge >= 0.3 is 0 Å². The first-order chi connectivity index (χ1) is 9.61. The number of aromatic nitrogens is 2. The van der Waals surface area contributed by atoms with Crippen LogP contribution in [0.5, 0.6) is 0 Å². The Kier molecular flexibility index (Phi) is 3.44. The van der Waals surface area contributed by atoms with Crippen molar-refractivity contribution in [2.24, 2.45) is 11.7 Å². The molecule has 1 heterocycles. The summed E-state index contributed by atoms with van der Waals surface area (Å²) in [6.07, 6.45) is 3.66. The van der Waals surface area contributed by atoms with Gasteiger partial charge in [-0.05, 0) is 50.8 Å². The molecule has 4 N–H and O–H groups in total. The lowest BCUT2D eigenvalue weighted by atomic mass is 9.86. The van der Waals surface area contributed by atoms with Crippen LogP contribution in [0.25, 0.3) is 11.0 Å². The molecule has 2 aromatic rings. The molecule has 1 saturated carbocycles. The van der Waals surface area contributed by atoms with E-state index in [1.807, 2.05) is 25.1 Å². The Labute approximate surface area is 118 Å². The minimum absolute atomic E-state index is 0.0917. The van der Waals surface area contributed by atoms with Gasteiger partial charge in [-0.3, -0.25) is 4.79 Å². The maximum Gasteiger partial charge on any atom is 0.227 e. The quantitative estimate of drug-likeness (QED) is 0.784. The molecule has 1 amide bonds. The Morgan fingerprint density at radius 3 is 2.85 bits per heavy atom. The zero-order valence-electron chi connectivity index (χ0n) is 11.6. The van der Waals surface area contributed by atoms with Gasteiger partial charge in [0.1, 0.15) is 5.82 Å². The van der Waals surface area contributed by atoms with Crippen LogP contribution in [0.15, 0.2) is 18.2 Å². The lowest BCUT2D eigenvalue weighted by Crippen LogP contribution is -2.32. The van der Waals surface area contributed by atoms with E-state index >= 15 is 0 Å². The number of anilines is 1. The van der Waals surface area contributed by atoms with Crippen molar-refractivity contribution in [3.8, 4) is 0 Å². The molecular weight excluding hydrogens is 252 g/mol. The zero-order chi connectivity index (χ0) is 14.1. The highest BCUT2D eigenvalue weighted by Crippen LogP contribution is 2.25. The Morgan fingerprint density at radius 1 is 1.35 bits per heavy atom. The third-order valence-electron chi connectivity index (χ3n) is 4.01. The molecule has 20 heavy (non-hydrogen) atoms. The van der Waals surface area contributed by atoms with E-state index in [0.717, 1.165) is 48.2 Å². The summed E-state index contributed by atoms with van der Waals surface area (Å²) in [5.74, 6) is 1.08. The number of carbonyl (C=O) groups excluding carboxylic acids is 1. The number of hydrogen-bond acceptors (Lipinski definition) is 3. The maximum absolute atomic E-state index is 12.2. The average molecular weight is 272 g/mol. The van der Waals surface area contributed by atoms with E-state index < -0.39 is 0 Å². The third-order valence-corrected chi connectivity index (χ3v) is 4.01. The number of H-pyrrole nitrogens is 1. The Hall–Kier alpha value is -1.88. The second-order valence-corrected chi connectivity index (χ2v) is 5.66. The first kappa shape index (κ1) is 13.1. The molecule has 1 aromatic heterocycles. The molecule has 1 aliphatic rings. The molecule has 0 bridgehead atoms. The van der Waals surface area contributed by atoms with E-state index in [4.69, 9.17) is 5.73 Å². The molecule has 0 aliphatic heterocycles. The molecule has 0 saturated heterocycles. The second kappa shape index (κ2) is 5.25. The molecule has 1 aliphatic carbocycles. The monoisotopic (exact) mass is 272 g/mol. The highest BCUT2D eigenvalue weighted by Gasteiger charge is 2.24. The standard InChI is InChI=1S/C15H20N4O/c1-9-17-13-7-6-12(8-14(13)18-9)19-15(20)10-2-4-11(16)5-3-10/h6-8,10-11H,2-5,16H2,1H3,(H,17,18)(H,19,20). The predicted molar refractivity (Wildman–Crippen MR) is 79.4 cm³/mol. The van der Waals surface area contributed by atoms with Gasteiger partial charge in [-0.1, -0.05) is 0 Å². The molecule has 0 unspecified atom stereocenters. The van der Waals surface area contributed by atoms with Crippen LogP contribution in [0.2, 0.25) is 0 Å². The number of aryl methyl sites for hydroxylation is 1. The number of nitrogens with one attached hydrogen (secondary N) is 2. The van der Waals surface area contributed by atoms with Crippen LogP contribution in [0.4, 0.5) is 5.69 Å². The second-order valence-electron chi connectivity index (χ2n) is 5.66. The van der Waals surface area contributed by atoms with E-state index in [-0.39, 0.29) is 17.9 Å². The number of imidazole rings is 1. The molecule has 5 nitrogen and oxygen atoms in total. The van der Waals surface area contributed by atoms with Crippen molar-refractivity contribution in [2.45, 2.75) is 38.6 Å². The van der Waals surface area contributed by atoms with Gasteiger partial charge in [-0.2, -0.15) is 0 Å². The summed E-state index contributed by atoms with van der Waals surface area (Å²) in [6.45, 7) is 1.92. The van der Waals surface area contributed by atoms with Gasteiger partial charge in [0, 0.05) is 17.6 Å². The lowest BCUT2D eigenvalue weighted by Gasteiger charge is -2.25. The minimum atomic E-state index is 0.0917. The predicted octanol–water partition coefficient (Wildman–Crippen LogP) is 2.33. The lowest BCUT2D eigenvalue weighted by molar-refractivity contribution is -0.120. The summed E-state index contributed by atoms with van der Waals surface area (Å²) >= 11 is 0. The highest BCUT2D eigenvalue weighted by atomic mass is 16.1. The van der Waals surface area contributed by atoms with Crippen molar-refractivity contribution in [2.75, 3.05) is 5.32 Å². The molecule has 1 fully saturated rings. The topological polar surface area (TPSA) is 83.8 Å².